The van der Waals surface area contributed by atoms with Crippen LogP contribution in [0.3, 0.4) is 0 Å². The number of nitriles is 1. The summed E-state index contributed by atoms with van der Waals surface area (Å²) >= 11 is 0. The minimum Gasteiger partial charge on any atom is -0.399 e. The Balaban J connectivity index is 2.08. The Morgan fingerprint density at radius 3 is 2.72 bits per heavy atom. The van der Waals surface area contributed by atoms with Gasteiger partial charge in [0.05, 0.1) is 11.3 Å². The second-order valence-corrected chi connectivity index (χ2v) is 5.11. The molecule has 1 heterocycles. The summed E-state index contributed by atoms with van der Waals surface area (Å²) in [6.45, 7) is 4.37. The van der Waals surface area contributed by atoms with Crippen LogP contribution in [-0.4, -0.2) is 13.1 Å². The summed E-state index contributed by atoms with van der Waals surface area (Å²) in [5.41, 5.74) is 8.13. The number of nitrogen functional groups attached to an aromatic ring is 1. The molecule has 1 aromatic carbocycles. The van der Waals surface area contributed by atoms with Crippen LogP contribution in [0.25, 0.3) is 0 Å². The molecule has 3 heteroatoms. The van der Waals surface area contributed by atoms with Crippen molar-refractivity contribution in [3.63, 3.8) is 0 Å². The zero-order valence-electron chi connectivity index (χ0n) is 11.0. The first-order valence-corrected chi connectivity index (χ1v) is 6.79. The zero-order valence-corrected chi connectivity index (χ0v) is 11.0. The molecule has 0 aromatic heterocycles. The lowest BCUT2D eigenvalue weighted by Gasteiger charge is -2.34. The number of anilines is 2. The summed E-state index contributed by atoms with van der Waals surface area (Å²) in [4.78, 5) is 2.32. The van der Waals surface area contributed by atoms with E-state index in [0.717, 1.165) is 24.7 Å². The lowest BCUT2D eigenvalue weighted by molar-refractivity contribution is 0.378. The third kappa shape index (κ3) is 2.76. The molecule has 0 amide bonds. The SMILES string of the molecule is CCCC1CCN(c2ccc(N)cc2C#N)CC1. The number of rotatable bonds is 3. The molecule has 2 N–H and O–H groups in total. The Labute approximate surface area is 109 Å². The van der Waals surface area contributed by atoms with Crippen molar-refractivity contribution < 1.29 is 0 Å². The highest BCUT2D eigenvalue weighted by Crippen LogP contribution is 2.29. The van der Waals surface area contributed by atoms with Gasteiger partial charge in [0.1, 0.15) is 6.07 Å². The van der Waals surface area contributed by atoms with Crippen molar-refractivity contribution in [2.45, 2.75) is 32.6 Å². The van der Waals surface area contributed by atoms with Gasteiger partial charge in [-0.05, 0) is 37.0 Å². The van der Waals surface area contributed by atoms with Crippen molar-refractivity contribution in [1.29, 1.82) is 5.26 Å². The number of nitrogens with two attached hydrogens (primary N) is 1. The highest BCUT2D eigenvalue weighted by molar-refractivity contribution is 5.64. The van der Waals surface area contributed by atoms with Crippen molar-refractivity contribution in [2.75, 3.05) is 23.7 Å². The third-order valence-electron chi connectivity index (χ3n) is 3.79. The minimum atomic E-state index is 0.663. The molecule has 0 radical (unpaired) electrons. The lowest BCUT2D eigenvalue weighted by Crippen LogP contribution is -2.34. The van der Waals surface area contributed by atoms with Gasteiger partial charge in [-0.1, -0.05) is 19.8 Å². The summed E-state index contributed by atoms with van der Waals surface area (Å²) < 4.78 is 0. The summed E-state index contributed by atoms with van der Waals surface area (Å²) in [5.74, 6) is 0.866. The molecule has 1 aromatic rings. The van der Waals surface area contributed by atoms with Crippen LogP contribution in [0.2, 0.25) is 0 Å². The lowest BCUT2D eigenvalue weighted by atomic mass is 9.92. The Hall–Kier alpha value is -1.69. The van der Waals surface area contributed by atoms with E-state index < -0.39 is 0 Å². The van der Waals surface area contributed by atoms with Crippen LogP contribution in [0.1, 0.15) is 38.2 Å². The van der Waals surface area contributed by atoms with Gasteiger partial charge in [0, 0.05) is 18.8 Å². The Morgan fingerprint density at radius 2 is 2.11 bits per heavy atom. The van der Waals surface area contributed by atoms with Crippen LogP contribution in [-0.2, 0) is 0 Å². The van der Waals surface area contributed by atoms with Gasteiger partial charge >= 0.3 is 0 Å². The van der Waals surface area contributed by atoms with Crippen molar-refractivity contribution >= 4 is 11.4 Å². The second kappa shape index (κ2) is 5.77. The largest absolute Gasteiger partial charge is 0.399 e. The first kappa shape index (κ1) is 12.8. The van der Waals surface area contributed by atoms with Crippen molar-refractivity contribution in [2.24, 2.45) is 5.92 Å². The van der Waals surface area contributed by atoms with Crippen LogP contribution in [0, 0.1) is 17.2 Å². The number of nitrogens with zero attached hydrogens (tertiary/aromatic N) is 2. The number of hydrogen-bond donors (Lipinski definition) is 1. The average Bonchev–Trinajstić information content (AvgIpc) is 2.40. The molecule has 1 fully saturated rings. The minimum absolute atomic E-state index is 0.663. The van der Waals surface area contributed by atoms with Crippen LogP contribution < -0.4 is 10.6 Å². The number of benzene rings is 1. The van der Waals surface area contributed by atoms with E-state index in [9.17, 15) is 5.26 Å². The fourth-order valence-electron chi connectivity index (χ4n) is 2.79. The highest BCUT2D eigenvalue weighted by atomic mass is 15.1. The first-order valence-electron chi connectivity index (χ1n) is 6.79. The third-order valence-corrected chi connectivity index (χ3v) is 3.79. The van der Waals surface area contributed by atoms with Gasteiger partial charge in [-0.15, -0.1) is 0 Å². The molecule has 1 saturated heterocycles. The van der Waals surface area contributed by atoms with Gasteiger partial charge in [0.2, 0.25) is 0 Å². The molecule has 0 unspecified atom stereocenters. The topological polar surface area (TPSA) is 53.0 Å². The molecule has 96 valence electrons. The second-order valence-electron chi connectivity index (χ2n) is 5.11. The molecule has 1 aliphatic heterocycles. The maximum absolute atomic E-state index is 9.18. The molecule has 0 saturated carbocycles. The number of piperidine rings is 1. The summed E-state index contributed by atoms with van der Waals surface area (Å²) in [5, 5.41) is 9.18. The quantitative estimate of drug-likeness (QED) is 0.830. The molecular weight excluding hydrogens is 222 g/mol. The predicted octanol–water partition coefficient (Wildman–Crippen LogP) is 3.16. The fraction of sp³-hybridized carbons (Fsp3) is 0.533. The summed E-state index contributed by atoms with van der Waals surface area (Å²) in [6, 6.07) is 7.88. The fourth-order valence-corrected chi connectivity index (χ4v) is 2.79. The standard InChI is InChI=1S/C15H21N3/c1-2-3-12-6-8-18(9-7-12)15-5-4-14(17)10-13(15)11-16/h4-5,10,12H,2-3,6-9,17H2,1H3. The van der Waals surface area contributed by atoms with E-state index in [2.05, 4.69) is 17.9 Å². The van der Waals surface area contributed by atoms with Crippen LogP contribution >= 0.6 is 0 Å². The monoisotopic (exact) mass is 243 g/mol. The maximum Gasteiger partial charge on any atom is 0.101 e. The van der Waals surface area contributed by atoms with Crippen LogP contribution in [0.15, 0.2) is 18.2 Å². The van der Waals surface area contributed by atoms with Gasteiger partial charge in [-0.3, -0.25) is 0 Å². The van der Waals surface area contributed by atoms with E-state index in [0.29, 0.717) is 11.3 Å². The van der Waals surface area contributed by atoms with E-state index in [4.69, 9.17) is 5.73 Å². The van der Waals surface area contributed by atoms with E-state index in [1.54, 1.807) is 6.07 Å². The molecular formula is C15H21N3. The van der Waals surface area contributed by atoms with E-state index in [-0.39, 0.29) is 0 Å². The van der Waals surface area contributed by atoms with Gasteiger partial charge < -0.3 is 10.6 Å². The van der Waals surface area contributed by atoms with E-state index >= 15 is 0 Å². The van der Waals surface area contributed by atoms with Gasteiger partial charge in [0.25, 0.3) is 0 Å². The van der Waals surface area contributed by atoms with Gasteiger partial charge in [-0.25, -0.2) is 0 Å². The molecule has 0 bridgehead atoms. The van der Waals surface area contributed by atoms with Crippen LogP contribution in [0.5, 0.6) is 0 Å². The average molecular weight is 243 g/mol. The molecule has 0 aliphatic carbocycles. The number of hydrogen-bond acceptors (Lipinski definition) is 3. The molecule has 1 aliphatic rings. The smallest absolute Gasteiger partial charge is 0.101 e. The molecule has 18 heavy (non-hydrogen) atoms. The van der Waals surface area contributed by atoms with Crippen molar-refractivity contribution in [1.82, 2.24) is 0 Å². The summed E-state index contributed by atoms with van der Waals surface area (Å²) in [7, 11) is 0. The van der Waals surface area contributed by atoms with Crippen molar-refractivity contribution in [3.8, 4) is 6.07 Å². The molecule has 0 atom stereocenters. The highest BCUT2D eigenvalue weighted by Gasteiger charge is 2.20. The Kier molecular flexibility index (Phi) is 4.09. The van der Waals surface area contributed by atoms with Crippen LogP contribution in [0.4, 0.5) is 11.4 Å². The zero-order chi connectivity index (χ0) is 13.0. The molecule has 0 spiro atoms. The Bertz CT molecular complexity index is 440. The molecule has 3 nitrogen and oxygen atoms in total. The van der Waals surface area contributed by atoms with Crippen molar-refractivity contribution in [3.05, 3.63) is 23.8 Å². The maximum atomic E-state index is 9.18. The van der Waals surface area contributed by atoms with E-state index in [1.165, 1.54) is 25.7 Å². The summed E-state index contributed by atoms with van der Waals surface area (Å²) in [6.07, 6.45) is 5.09. The predicted molar refractivity (Wildman–Crippen MR) is 75.4 cm³/mol. The van der Waals surface area contributed by atoms with Gasteiger partial charge in [-0.2, -0.15) is 5.26 Å². The van der Waals surface area contributed by atoms with Gasteiger partial charge in [0.15, 0.2) is 0 Å². The molecule has 2 rings (SSSR count). The Morgan fingerprint density at radius 1 is 1.39 bits per heavy atom. The van der Waals surface area contributed by atoms with E-state index in [1.807, 2.05) is 12.1 Å². The first-order chi connectivity index (χ1) is 8.74. The normalized spacial score (nSPS) is 16.6.